The van der Waals surface area contributed by atoms with Gasteiger partial charge in [0.1, 0.15) is 11.5 Å². The highest BCUT2D eigenvalue weighted by molar-refractivity contribution is 6.04. The predicted octanol–water partition coefficient (Wildman–Crippen LogP) is 5.60. The van der Waals surface area contributed by atoms with E-state index in [4.69, 9.17) is 9.97 Å². The number of para-hydroxylation sites is 1. The van der Waals surface area contributed by atoms with Crippen LogP contribution in [0, 0.1) is 13.8 Å². The number of hydrogen-bond donors (Lipinski definition) is 1. The lowest BCUT2D eigenvalue weighted by atomic mass is 10.1. The molecule has 0 unspecified atom stereocenters. The smallest absolute Gasteiger partial charge is 0.257 e. The third-order valence-electron chi connectivity index (χ3n) is 5.99. The standard InChI is InChI=1S/C28H22N6O/c1-18-14-26(29-23-11-7-6-10-22(18)23)34-27(15-19(2)32-34)31-28(35)21-12-13-33-17-24(30-25(33)16-21)20-8-4-3-5-9-20/h3-17H,1-2H3,(H,31,35). The van der Waals surface area contributed by atoms with Crippen molar-refractivity contribution in [2.45, 2.75) is 13.8 Å². The first-order chi connectivity index (χ1) is 17.0. The molecule has 170 valence electrons. The first-order valence-electron chi connectivity index (χ1n) is 11.3. The number of imidazole rings is 1. The minimum Gasteiger partial charge on any atom is -0.306 e. The molecule has 35 heavy (non-hydrogen) atoms. The van der Waals surface area contributed by atoms with E-state index in [1.807, 2.05) is 97.4 Å². The number of nitrogens with zero attached hydrogens (tertiary/aromatic N) is 5. The third kappa shape index (κ3) is 3.83. The number of nitrogens with one attached hydrogen (secondary N) is 1. The highest BCUT2D eigenvalue weighted by atomic mass is 16.1. The molecular formula is C28H22N6O. The lowest BCUT2D eigenvalue weighted by Crippen LogP contribution is -2.16. The van der Waals surface area contributed by atoms with E-state index in [1.165, 1.54) is 0 Å². The van der Waals surface area contributed by atoms with Crippen molar-refractivity contribution in [2.24, 2.45) is 0 Å². The molecule has 0 atom stereocenters. The van der Waals surface area contributed by atoms with E-state index >= 15 is 0 Å². The van der Waals surface area contributed by atoms with Gasteiger partial charge in [-0.3, -0.25) is 4.79 Å². The summed E-state index contributed by atoms with van der Waals surface area (Å²) in [5.74, 6) is 0.971. The number of hydrogen-bond acceptors (Lipinski definition) is 4. The van der Waals surface area contributed by atoms with Crippen LogP contribution >= 0.6 is 0 Å². The van der Waals surface area contributed by atoms with Gasteiger partial charge in [-0.15, -0.1) is 0 Å². The van der Waals surface area contributed by atoms with Gasteiger partial charge in [0.25, 0.3) is 5.91 Å². The van der Waals surface area contributed by atoms with Crippen molar-refractivity contribution in [3.63, 3.8) is 0 Å². The summed E-state index contributed by atoms with van der Waals surface area (Å²) in [5, 5.41) is 8.68. The summed E-state index contributed by atoms with van der Waals surface area (Å²) in [7, 11) is 0. The number of fused-ring (bicyclic) bond motifs is 2. The van der Waals surface area contributed by atoms with Crippen LogP contribution in [-0.4, -0.2) is 30.1 Å². The molecule has 0 aliphatic rings. The highest BCUT2D eigenvalue weighted by Crippen LogP contribution is 2.23. The molecule has 0 bridgehead atoms. The maximum Gasteiger partial charge on any atom is 0.257 e. The van der Waals surface area contributed by atoms with E-state index in [-0.39, 0.29) is 5.91 Å². The fourth-order valence-corrected chi connectivity index (χ4v) is 4.26. The molecule has 0 saturated heterocycles. The van der Waals surface area contributed by atoms with Crippen LogP contribution in [0.15, 0.2) is 91.3 Å². The Morgan fingerprint density at radius 1 is 0.886 bits per heavy atom. The van der Waals surface area contributed by atoms with Gasteiger partial charge in [0.2, 0.25) is 0 Å². The average Bonchev–Trinajstić information content (AvgIpc) is 3.47. The summed E-state index contributed by atoms with van der Waals surface area (Å²) in [5.41, 5.74) is 5.85. The van der Waals surface area contributed by atoms with Crippen LogP contribution in [0.2, 0.25) is 0 Å². The number of amides is 1. The van der Waals surface area contributed by atoms with E-state index in [0.717, 1.165) is 33.4 Å². The molecule has 6 rings (SSSR count). The quantitative estimate of drug-likeness (QED) is 0.373. The highest BCUT2D eigenvalue weighted by Gasteiger charge is 2.15. The lowest BCUT2D eigenvalue weighted by molar-refractivity contribution is 0.102. The van der Waals surface area contributed by atoms with Crippen molar-refractivity contribution in [3.05, 3.63) is 108 Å². The molecule has 0 spiro atoms. The maximum atomic E-state index is 13.2. The van der Waals surface area contributed by atoms with Crippen molar-refractivity contribution in [1.29, 1.82) is 0 Å². The zero-order valence-electron chi connectivity index (χ0n) is 19.3. The Morgan fingerprint density at radius 3 is 2.54 bits per heavy atom. The van der Waals surface area contributed by atoms with E-state index in [1.54, 1.807) is 16.8 Å². The van der Waals surface area contributed by atoms with Gasteiger partial charge < -0.3 is 9.72 Å². The van der Waals surface area contributed by atoms with Gasteiger partial charge in [0.15, 0.2) is 5.82 Å². The Balaban J connectivity index is 1.33. The van der Waals surface area contributed by atoms with Crippen LogP contribution in [0.5, 0.6) is 0 Å². The number of anilines is 1. The molecule has 7 heteroatoms. The van der Waals surface area contributed by atoms with Crippen molar-refractivity contribution in [1.82, 2.24) is 24.1 Å². The fraction of sp³-hybridized carbons (Fsp3) is 0.0714. The first-order valence-corrected chi connectivity index (χ1v) is 11.3. The second-order valence-electron chi connectivity index (χ2n) is 8.52. The van der Waals surface area contributed by atoms with Gasteiger partial charge >= 0.3 is 0 Å². The summed E-state index contributed by atoms with van der Waals surface area (Å²) in [6, 6.07) is 25.3. The van der Waals surface area contributed by atoms with Gasteiger partial charge in [-0.2, -0.15) is 9.78 Å². The molecule has 4 aromatic heterocycles. The number of rotatable bonds is 4. The van der Waals surface area contributed by atoms with Gasteiger partial charge in [-0.05, 0) is 43.7 Å². The van der Waals surface area contributed by atoms with Gasteiger partial charge in [0, 0.05) is 35.0 Å². The van der Waals surface area contributed by atoms with Crippen molar-refractivity contribution in [2.75, 3.05) is 5.32 Å². The van der Waals surface area contributed by atoms with Crippen LogP contribution in [0.3, 0.4) is 0 Å². The number of aromatic nitrogens is 5. The van der Waals surface area contributed by atoms with Gasteiger partial charge in [0.05, 0.1) is 16.9 Å². The molecule has 6 aromatic rings. The van der Waals surface area contributed by atoms with Gasteiger partial charge in [-0.25, -0.2) is 9.97 Å². The second kappa shape index (κ2) is 8.22. The Hall–Kier alpha value is -4.78. The molecule has 4 heterocycles. The third-order valence-corrected chi connectivity index (χ3v) is 5.99. The monoisotopic (exact) mass is 458 g/mol. The molecular weight excluding hydrogens is 436 g/mol. The minimum absolute atomic E-state index is 0.240. The molecule has 0 aliphatic carbocycles. The number of carbonyl (C=O) groups is 1. The van der Waals surface area contributed by atoms with Crippen LogP contribution < -0.4 is 5.32 Å². The normalized spacial score (nSPS) is 11.3. The first kappa shape index (κ1) is 20.8. The van der Waals surface area contributed by atoms with Crippen LogP contribution in [-0.2, 0) is 0 Å². The number of benzene rings is 2. The topological polar surface area (TPSA) is 77.1 Å². The average molecular weight is 459 g/mol. The summed E-state index contributed by atoms with van der Waals surface area (Å²) < 4.78 is 3.59. The molecule has 7 nitrogen and oxygen atoms in total. The van der Waals surface area contributed by atoms with Crippen LogP contribution in [0.25, 0.3) is 33.6 Å². The number of aryl methyl sites for hydroxylation is 2. The van der Waals surface area contributed by atoms with Crippen molar-refractivity contribution in [3.8, 4) is 17.1 Å². The largest absolute Gasteiger partial charge is 0.306 e. The molecule has 1 N–H and O–H groups in total. The maximum absolute atomic E-state index is 13.2. The Morgan fingerprint density at radius 2 is 1.69 bits per heavy atom. The second-order valence-corrected chi connectivity index (χ2v) is 8.52. The zero-order chi connectivity index (χ0) is 23.9. The molecule has 0 aliphatic heterocycles. The van der Waals surface area contributed by atoms with E-state index < -0.39 is 0 Å². The molecule has 0 saturated carbocycles. The van der Waals surface area contributed by atoms with Crippen molar-refractivity contribution < 1.29 is 4.79 Å². The van der Waals surface area contributed by atoms with Crippen LogP contribution in [0.1, 0.15) is 21.6 Å². The molecule has 2 aromatic carbocycles. The van der Waals surface area contributed by atoms with E-state index in [9.17, 15) is 4.79 Å². The number of pyridine rings is 2. The minimum atomic E-state index is -0.240. The Labute approximate surface area is 201 Å². The van der Waals surface area contributed by atoms with Crippen molar-refractivity contribution >= 4 is 28.3 Å². The fourth-order valence-electron chi connectivity index (χ4n) is 4.26. The summed E-state index contributed by atoms with van der Waals surface area (Å²) in [6.07, 6.45) is 3.80. The molecule has 0 radical (unpaired) electrons. The summed E-state index contributed by atoms with van der Waals surface area (Å²) in [4.78, 5) is 22.7. The summed E-state index contributed by atoms with van der Waals surface area (Å²) >= 11 is 0. The number of carbonyl (C=O) groups excluding carboxylic acids is 1. The van der Waals surface area contributed by atoms with E-state index in [2.05, 4.69) is 10.4 Å². The van der Waals surface area contributed by atoms with Gasteiger partial charge in [-0.1, -0.05) is 48.5 Å². The Kier molecular flexibility index (Phi) is 4.88. The SMILES string of the molecule is Cc1cc(NC(=O)c2ccn3cc(-c4ccccc4)nc3c2)n(-c2cc(C)c3ccccc3n2)n1. The van der Waals surface area contributed by atoms with Crippen LogP contribution in [0.4, 0.5) is 5.82 Å². The summed E-state index contributed by atoms with van der Waals surface area (Å²) in [6.45, 7) is 3.94. The zero-order valence-corrected chi connectivity index (χ0v) is 19.3. The molecule has 0 fully saturated rings. The Bertz CT molecular complexity index is 1710. The van der Waals surface area contributed by atoms with E-state index in [0.29, 0.717) is 22.8 Å². The lowest BCUT2D eigenvalue weighted by Gasteiger charge is -2.11. The predicted molar refractivity (Wildman–Crippen MR) is 137 cm³/mol. The molecule has 1 amide bonds.